The van der Waals surface area contributed by atoms with Gasteiger partial charge < -0.3 is 4.90 Å². The second kappa shape index (κ2) is 6.38. The second-order valence-electron chi connectivity index (χ2n) is 4.84. The highest BCUT2D eigenvalue weighted by Gasteiger charge is 2.15. The summed E-state index contributed by atoms with van der Waals surface area (Å²) in [6.07, 6.45) is 0.948. The van der Waals surface area contributed by atoms with Crippen LogP contribution in [0.4, 0.5) is 11.4 Å². The van der Waals surface area contributed by atoms with Gasteiger partial charge in [-0.1, -0.05) is 19.9 Å². The maximum atomic E-state index is 10.9. The Labute approximate surface area is 109 Å². The van der Waals surface area contributed by atoms with Crippen LogP contribution in [0, 0.1) is 16.0 Å². The molecule has 0 saturated carbocycles. The predicted molar refractivity (Wildman–Crippen MR) is 75.2 cm³/mol. The van der Waals surface area contributed by atoms with Gasteiger partial charge >= 0.3 is 0 Å². The molecule has 1 aromatic rings. The van der Waals surface area contributed by atoms with E-state index in [4.69, 9.17) is 0 Å². The molecule has 0 fully saturated rings. The third kappa shape index (κ3) is 3.45. The summed E-state index contributed by atoms with van der Waals surface area (Å²) in [4.78, 5) is 12.7. The first kappa shape index (κ1) is 14.5. The minimum atomic E-state index is -0.327. The zero-order valence-electron chi connectivity index (χ0n) is 11.6. The van der Waals surface area contributed by atoms with Gasteiger partial charge in [0.15, 0.2) is 0 Å². The maximum absolute atomic E-state index is 10.9. The van der Waals surface area contributed by atoms with E-state index in [2.05, 4.69) is 32.6 Å². The molecule has 0 atom stereocenters. The maximum Gasteiger partial charge on any atom is 0.271 e. The lowest BCUT2D eigenvalue weighted by Gasteiger charge is -2.24. The Morgan fingerprint density at radius 1 is 1.28 bits per heavy atom. The quantitative estimate of drug-likeness (QED) is 0.572. The van der Waals surface area contributed by atoms with Crippen molar-refractivity contribution in [3.63, 3.8) is 0 Å². The lowest BCUT2D eigenvalue weighted by Crippen LogP contribution is -2.23. The highest BCUT2D eigenvalue weighted by atomic mass is 16.6. The fraction of sp³-hybridized carbons (Fsp3) is 0.571. The zero-order chi connectivity index (χ0) is 13.7. The van der Waals surface area contributed by atoms with Crippen LogP contribution in [0.1, 0.15) is 33.3 Å². The standard InChI is InChI=1S/C14H22N2O2/c1-5-15(6-2)14-10-13(16(17)18)8-7-12(14)9-11(3)4/h7-8,10-11H,5-6,9H2,1-4H3. The highest BCUT2D eigenvalue weighted by Crippen LogP contribution is 2.28. The number of hydrogen-bond donors (Lipinski definition) is 0. The van der Waals surface area contributed by atoms with E-state index in [1.807, 2.05) is 6.07 Å². The third-order valence-corrected chi connectivity index (χ3v) is 3.01. The first-order valence-corrected chi connectivity index (χ1v) is 6.51. The number of nitrogens with zero attached hydrogens (tertiary/aromatic N) is 2. The van der Waals surface area contributed by atoms with Gasteiger partial charge in [-0.15, -0.1) is 0 Å². The van der Waals surface area contributed by atoms with Crippen molar-refractivity contribution in [2.75, 3.05) is 18.0 Å². The molecule has 0 aromatic heterocycles. The van der Waals surface area contributed by atoms with E-state index in [9.17, 15) is 10.1 Å². The van der Waals surface area contributed by atoms with Crippen molar-refractivity contribution in [3.05, 3.63) is 33.9 Å². The van der Waals surface area contributed by atoms with Gasteiger partial charge in [-0.25, -0.2) is 0 Å². The largest absolute Gasteiger partial charge is 0.372 e. The van der Waals surface area contributed by atoms with Crippen molar-refractivity contribution in [1.82, 2.24) is 0 Å². The van der Waals surface area contributed by atoms with E-state index in [1.54, 1.807) is 12.1 Å². The minimum absolute atomic E-state index is 0.171. The minimum Gasteiger partial charge on any atom is -0.372 e. The van der Waals surface area contributed by atoms with E-state index in [-0.39, 0.29) is 10.6 Å². The van der Waals surface area contributed by atoms with Gasteiger partial charge in [-0.05, 0) is 31.7 Å². The fourth-order valence-corrected chi connectivity index (χ4v) is 2.14. The SMILES string of the molecule is CCN(CC)c1cc([N+](=O)[O-])ccc1CC(C)C. The molecule has 0 aliphatic rings. The monoisotopic (exact) mass is 250 g/mol. The molecule has 0 saturated heterocycles. The number of hydrogen-bond acceptors (Lipinski definition) is 3. The number of non-ortho nitro benzene ring substituents is 1. The van der Waals surface area contributed by atoms with Gasteiger partial charge in [0.25, 0.3) is 5.69 Å². The molecule has 0 N–H and O–H groups in total. The molecular formula is C14H22N2O2. The lowest BCUT2D eigenvalue weighted by atomic mass is 10.00. The molecule has 0 amide bonds. The van der Waals surface area contributed by atoms with E-state index in [0.29, 0.717) is 5.92 Å². The molecular weight excluding hydrogens is 228 g/mol. The molecule has 0 radical (unpaired) electrons. The Balaban J connectivity index is 3.20. The molecule has 1 rings (SSSR count). The Morgan fingerprint density at radius 2 is 1.89 bits per heavy atom. The average Bonchev–Trinajstić information content (AvgIpc) is 2.31. The van der Waals surface area contributed by atoms with Crippen LogP contribution >= 0.6 is 0 Å². The third-order valence-electron chi connectivity index (χ3n) is 3.01. The molecule has 0 heterocycles. The summed E-state index contributed by atoms with van der Waals surface area (Å²) in [6.45, 7) is 10.2. The molecule has 100 valence electrons. The predicted octanol–water partition coefficient (Wildman–Crippen LogP) is 3.64. The van der Waals surface area contributed by atoms with Gasteiger partial charge in [-0.3, -0.25) is 10.1 Å². The Morgan fingerprint density at radius 3 is 2.33 bits per heavy atom. The van der Waals surface area contributed by atoms with Gasteiger partial charge in [0.2, 0.25) is 0 Å². The van der Waals surface area contributed by atoms with Crippen molar-refractivity contribution in [2.24, 2.45) is 5.92 Å². The van der Waals surface area contributed by atoms with Gasteiger partial charge in [0, 0.05) is 30.9 Å². The summed E-state index contributed by atoms with van der Waals surface area (Å²) in [6, 6.07) is 5.20. The summed E-state index contributed by atoms with van der Waals surface area (Å²) < 4.78 is 0. The number of benzene rings is 1. The van der Waals surface area contributed by atoms with Crippen molar-refractivity contribution < 1.29 is 4.92 Å². The molecule has 0 aliphatic heterocycles. The smallest absolute Gasteiger partial charge is 0.271 e. The Bertz CT molecular complexity index is 412. The Hall–Kier alpha value is -1.58. The van der Waals surface area contributed by atoms with Crippen LogP contribution < -0.4 is 4.90 Å². The van der Waals surface area contributed by atoms with Gasteiger partial charge in [0.1, 0.15) is 0 Å². The molecule has 4 nitrogen and oxygen atoms in total. The van der Waals surface area contributed by atoms with Crippen molar-refractivity contribution in [1.29, 1.82) is 0 Å². The summed E-state index contributed by atoms with van der Waals surface area (Å²) in [5, 5.41) is 10.9. The molecule has 0 aliphatic carbocycles. The molecule has 0 unspecified atom stereocenters. The van der Waals surface area contributed by atoms with Crippen molar-refractivity contribution in [3.8, 4) is 0 Å². The second-order valence-corrected chi connectivity index (χ2v) is 4.84. The summed E-state index contributed by atoms with van der Waals surface area (Å²) >= 11 is 0. The average molecular weight is 250 g/mol. The highest BCUT2D eigenvalue weighted by molar-refractivity contribution is 5.59. The summed E-state index contributed by atoms with van der Waals surface area (Å²) in [5.74, 6) is 0.542. The number of nitro groups is 1. The van der Waals surface area contributed by atoms with E-state index in [0.717, 1.165) is 25.2 Å². The van der Waals surface area contributed by atoms with Crippen molar-refractivity contribution >= 4 is 11.4 Å². The van der Waals surface area contributed by atoms with Crippen molar-refractivity contribution in [2.45, 2.75) is 34.1 Å². The van der Waals surface area contributed by atoms with E-state index < -0.39 is 0 Å². The van der Waals surface area contributed by atoms with E-state index in [1.165, 1.54) is 5.56 Å². The molecule has 18 heavy (non-hydrogen) atoms. The van der Waals surface area contributed by atoms with Crippen LogP contribution in [0.2, 0.25) is 0 Å². The van der Waals surface area contributed by atoms with Gasteiger partial charge in [0.05, 0.1) is 4.92 Å². The number of nitro benzene ring substituents is 1. The van der Waals surface area contributed by atoms with E-state index >= 15 is 0 Å². The fourth-order valence-electron chi connectivity index (χ4n) is 2.14. The van der Waals surface area contributed by atoms with Crippen LogP contribution in [-0.2, 0) is 6.42 Å². The Kier molecular flexibility index (Phi) is 5.13. The number of rotatable bonds is 6. The van der Waals surface area contributed by atoms with Crippen LogP contribution in [-0.4, -0.2) is 18.0 Å². The molecule has 1 aromatic carbocycles. The topological polar surface area (TPSA) is 46.4 Å². The van der Waals surface area contributed by atoms with Crippen LogP contribution in [0.25, 0.3) is 0 Å². The zero-order valence-corrected chi connectivity index (χ0v) is 11.6. The molecule has 0 spiro atoms. The molecule has 0 bridgehead atoms. The van der Waals surface area contributed by atoms with Crippen LogP contribution in [0.3, 0.4) is 0 Å². The molecule has 4 heteroatoms. The first-order valence-electron chi connectivity index (χ1n) is 6.51. The van der Waals surface area contributed by atoms with Crippen LogP contribution in [0.15, 0.2) is 18.2 Å². The summed E-state index contributed by atoms with van der Waals surface area (Å²) in [5.41, 5.74) is 2.37. The normalized spacial score (nSPS) is 10.7. The van der Waals surface area contributed by atoms with Gasteiger partial charge in [-0.2, -0.15) is 0 Å². The van der Waals surface area contributed by atoms with Crippen LogP contribution in [0.5, 0.6) is 0 Å². The summed E-state index contributed by atoms with van der Waals surface area (Å²) in [7, 11) is 0. The first-order chi connectivity index (χ1) is 8.49. The number of anilines is 1. The lowest BCUT2D eigenvalue weighted by molar-refractivity contribution is -0.384.